The second-order valence-electron chi connectivity index (χ2n) is 4.31. The average Bonchev–Trinajstić information content (AvgIpc) is 2.71. The molecule has 92 valence electrons. The van der Waals surface area contributed by atoms with Crippen molar-refractivity contribution >= 4 is 11.8 Å². The first-order chi connectivity index (χ1) is 7.67. The number of hydrogen-bond donors (Lipinski definition) is 1. The van der Waals surface area contributed by atoms with Crippen LogP contribution in [-0.4, -0.2) is 22.1 Å². The van der Waals surface area contributed by atoms with E-state index >= 15 is 0 Å². The highest BCUT2D eigenvalue weighted by atomic mass is 32.2. The Labute approximate surface area is 104 Å². The summed E-state index contributed by atoms with van der Waals surface area (Å²) in [5, 5.41) is 3.58. The lowest BCUT2D eigenvalue weighted by molar-refractivity contribution is 0.490. The monoisotopic (exact) mass is 240 g/mol. The van der Waals surface area contributed by atoms with Crippen molar-refractivity contribution in [3.63, 3.8) is 0 Å². The summed E-state index contributed by atoms with van der Waals surface area (Å²) in [7, 11) is 2.10. The molecule has 3 heteroatoms. The van der Waals surface area contributed by atoms with Crippen LogP contribution in [0.3, 0.4) is 0 Å². The fourth-order valence-corrected chi connectivity index (χ4v) is 2.78. The van der Waals surface area contributed by atoms with Gasteiger partial charge in [-0.1, -0.05) is 13.8 Å². The fraction of sp³-hybridized carbons (Fsp3) is 0.692. The van der Waals surface area contributed by atoms with Crippen LogP contribution in [0.2, 0.25) is 0 Å². The molecule has 0 atom stereocenters. The fourth-order valence-electron chi connectivity index (χ4n) is 1.96. The molecule has 0 aromatic carbocycles. The van der Waals surface area contributed by atoms with E-state index in [0.29, 0.717) is 4.75 Å². The summed E-state index contributed by atoms with van der Waals surface area (Å²) in [4.78, 5) is 0. The first-order valence-electron chi connectivity index (χ1n) is 6.03. The molecule has 0 saturated carbocycles. The number of aryl methyl sites for hydroxylation is 1. The van der Waals surface area contributed by atoms with Gasteiger partial charge in [-0.15, -0.1) is 0 Å². The van der Waals surface area contributed by atoms with E-state index in [-0.39, 0.29) is 0 Å². The first-order valence-corrected chi connectivity index (χ1v) is 7.26. The molecule has 1 aromatic rings. The van der Waals surface area contributed by atoms with Crippen molar-refractivity contribution in [1.29, 1.82) is 0 Å². The Hall–Kier alpha value is -0.410. The van der Waals surface area contributed by atoms with Crippen LogP contribution in [0.25, 0.3) is 0 Å². The largest absolute Gasteiger partial charge is 0.353 e. The highest BCUT2D eigenvalue weighted by Gasteiger charge is 2.23. The van der Waals surface area contributed by atoms with Gasteiger partial charge in [-0.05, 0) is 31.2 Å². The van der Waals surface area contributed by atoms with E-state index in [2.05, 4.69) is 55.4 Å². The van der Waals surface area contributed by atoms with Gasteiger partial charge in [0.15, 0.2) is 0 Å². The molecule has 0 bridgehead atoms. The number of nitrogens with one attached hydrogen (secondary N) is 1. The number of hydrogen-bond acceptors (Lipinski definition) is 2. The van der Waals surface area contributed by atoms with E-state index < -0.39 is 0 Å². The Balaban J connectivity index is 2.42. The number of rotatable bonds is 7. The van der Waals surface area contributed by atoms with E-state index in [4.69, 9.17) is 0 Å². The van der Waals surface area contributed by atoms with Gasteiger partial charge in [-0.3, -0.25) is 0 Å². The van der Waals surface area contributed by atoms with Crippen LogP contribution in [0.15, 0.2) is 18.3 Å². The van der Waals surface area contributed by atoms with Crippen molar-refractivity contribution in [2.75, 3.05) is 12.8 Å². The summed E-state index contributed by atoms with van der Waals surface area (Å²) in [6, 6.07) is 4.27. The van der Waals surface area contributed by atoms with Crippen molar-refractivity contribution in [3.8, 4) is 0 Å². The molecule has 16 heavy (non-hydrogen) atoms. The third-order valence-electron chi connectivity index (χ3n) is 3.53. The van der Waals surface area contributed by atoms with Crippen LogP contribution in [0, 0.1) is 0 Å². The third-order valence-corrected chi connectivity index (χ3v) is 5.11. The SMILES string of the molecule is CCC(CC)(CNCc1cccn1C)SC. The predicted octanol–water partition coefficient (Wildman–Crippen LogP) is 3.04. The zero-order valence-electron chi connectivity index (χ0n) is 10.9. The normalized spacial score (nSPS) is 12.0. The lowest BCUT2D eigenvalue weighted by atomic mass is 10.0. The lowest BCUT2D eigenvalue weighted by Crippen LogP contribution is -2.36. The molecule has 1 heterocycles. The molecule has 0 saturated heterocycles. The Morgan fingerprint density at radius 1 is 1.38 bits per heavy atom. The van der Waals surface area contributed by atoms with Crippen molar-refractivity contribution in [2.45, 2.75) is 38.0 Å². The smallest absolute Gasteiger partial charge is 0.0359 e. The predicted molar refractivity (Wildman–Crippen MR) is 73.9 cm³/mol. The molecule has 2 nitrogen and oxygen atoms in total. The Morgan fingerprint density at radius 3 is 2.50 bits per heavy atom. The van der Waals surface area contributed by atoms with E-state index in [9.17, 15) is 0 Å². The summed E-state index contributed by atoms with van der Waals surface area (Å²) in [5.74, 6) is 0. The van der Waals surface area contributed by atoms with Gasteiger partial charge in [0.25, 0.3) is 0 Å². The second kappa shape index (κ2) is 6.36. The van der Waals surface area contributed by atoms with Crippen LogP contribution in [0.4, 0.5) is 0 Å². The van der Waals surface area contributed by atoms with Crippen molar-refractivity contribution in [2.24, 2.45) is 7.05 Å². The minimum Gasteiger partial charge on any atom is -0.353 e. The van der Waals surface area contributed by atoms with Crippen LogP contribution in [0.5, 0.6) is 0 Å². The molecule has 0 radical (unpaired) electrons. The van der Waals surface area contributed by atoms with Gasteiger partial charge in [0.05, 0.1) is 0 Å². The van der Waals surface area contributed by atoms with Gasteiger partial charge in [0.1, 0.15) is 0 Å². The maximum Gasteiger partial charge on any atom is 0.0359 e. The van der Waals surface area contributed by atoms with Crippen molar-refractivity contribution < 1.29 is 0 Å². The Bertz CT molecular complexity index is 294. The standard InChI is InChI=1S/C13H24N2S/c1-5-13(6-2,16-4)11-14-10-12-8-7-9-15(12)3/h7-9,14H,5-6,10-11H2,1-4H3. The molecule has 1 N–H and O–H groups in total. The van der Waals surface area contributed by atoms with Crippen molar-refractivity contribution in [3.05, 3.63) is 24.0 Å². The molecular weight excluding hydrogens is 216 g/mol. The maximum atomic E-state index is 3.58. The van der Waals surface area contributed by atoms with Gasteiger partial charge in [0.2, 0.25) is 0 Å². The average molecular weight is 240 g/mol. The van der Waals surface area contributed by atoms with E-state index in [1.54, 1.807) is 0 Å². The molecule has 0 aliphatic rings. The molecule has 1 rings (SSSR count). The minimum atomic E-state index is 0.408. The number of nitrogens with zero attached hydrogens (tertiary/aromatic N) is 1. The maximum absolute atomic E-state index is 3.58. The molecule has 0 unspecified atom stereocenters. The summed E-state index contributed by atoms with van der Waals surface area (Å²) >= 11 is 1.99. The van der Waals surface area contributed by atoms with Gasteiger partial charge >= 0.3 is 0 Å². The molecule has 1 aromatic heterocycles. The summed E-state index contributed by atoms with van der Waals surface area (Å²) in [6.07, 6.45) is 6.77. The quantitative estimate of drug-likeness (QED) is 0.789. The van der Waals surface area contributed by atoms with Crippen LogP contribution in [-0.2, 0) is 13.6 Å². The number of thioether (sulfide) groups is 1. The third kappa shape index (κ3) is 3.29. The van der Waals surface area contributed by atoms with Crippen LogP contribution < -0.4 is 5.32 Å². The zero-order valence-corrected chi connectivity index (χ0v) is 11.7. The van der Waals surface area contributed by atoms with E-state index in [1.165, 1.54) is 18.5 Å². The van der Waals surface area contributed by atoms with Crippen LogP contribution >= 0.6 is 11.8 Å². The van der Waals surface area contributed by atoms with Crippen molar-refractivity contribution in [1.82, 2.24) is 9.88 Å². The molecule has 0 spiro atoms. The van der Waals surface area contributed by atoms with E-state index in [1.807, 2.05) is 11.8 Å². The summed E-state index contributed by atoms with van der Waals surface area (Å²) < 4.78 is 2.58. The van der Waals surface area contributed by atoms with E-state index in [0.717, 1.165) is 13.1 Å². The highest BCUT2D eigenvalue weighted by Crippen LogP contribution is 2.29. The highest BCUT2D eigenvalue weighted by molar-refractivity contribution is 8.00. The van der Waals surface area contributed by atoms with Gasteiger partial charge < -0.3 is 9.88 Å². The van der Waals surface area contributed by atoms with Gasteiger partial charge in [-0.25, -0.2) is 0 Å². The lowest BCUT2D eigenvalue weighted by Gasteiger charge is -2.30. The number of aromatic nitrogens is 1. The minimum absolute atomic E-state index is 0.408. The van der Waals surface area contributed by atoms with Crippen LogP contribution in [0.1, 0.15) is 32.4 Å². The second-order valence-corrected chi connectivity index (χ2v) is 5.58. The molecule has 0 fully saturated rings. The Morgan fingerprint density at radius 2 is 2.06 bits per heavy atom. The van der Waals surface area contributed by atoms with Gasteiger partial charge in [0, 0.05) is 36.8 Å². The molecule has 0 aliphatic heterocycles. The molecule has 0 amide bonds. The Kier molecular flexibility index (Phi) is 5.42. The molecule has 0 aliphatic carbocycles. The topological polar surface area (TPSA) is 17.0 Å². The first kappa shape index (κ1) is 13.7. The molecular formula is C13H24N2S. The summed E-state index contributed by atoms with van der Waals surface area (Å²) in [5.41, 5.74) is 1.35. The summed E-state index contributed by atoms with van der Waals surface area (Å²) in [6.45, 7) is 6.62. The van der Waals surface area contributed by atoms with Gasteiger partial charge in [-0.2, -0.15) is 11.8 Å². The zero-order chi connectivity index (χ0) is 12.0.